The summed E-state index contributed by atoms with van der Waals surface area (Å²) in [6.07, 6.45) is 0. The lowest BCUT2D eigenvalue weighted by Crippen LogP contribution is -2.20. The Bertz CT molecular complexity index is 902. The predicted octanol–water partition coefficient (Wildman–Crippen LogP) is 3.94. The highest BCUT2D eigenvalue weighted by Crippen LogP contribution is 2.18. The van der Waals surface area contributed by atoms with E-state index in [1.165, 1.54) is 0 Å². The number of esters is 1. The number of amides is 1. The first-order chi connectivity index (χ1) is 11.6. The van der Waals surface area contributed by atoms with Gasteiger partial charge in [-0.2, -0.15) is 0 Å². The van der Waals surface area contributed by atoms with Crippen LogP contribution in [0.2, 0.25) is 0 Å². The molecule has 3 aromatic rings. The highest BCUT2D eigenvalue weighted by atomic mass is 16.5. The Balaban J connectivity index is 1.59. The van der Waals surface area contributed by atoms with Crippen LogP contribution in [0, 0.1) is 6.92 Å². The maximum absolute atomic E-state index is 12.0. The molecule has 1 N–H and O–H groups in total. The molecule has 0 aliphatic rings. The first-order valence-corrected chi connectivity index (χ1v) is 7.64. The molecule has 0 heterocycles. The first-order valence-electron chi connectivity index (χ1n) is 7.64. The normalized spacial score (nSPS) is 10.4. The van der Waals surface area contributed by atoms with Crippen LogP contribution in [-0.2, 0) is 9.53 Å². The zero-order valence-corrected chi connectivity index (χ0v) is 13.3. The van der Waals surface area contributed by atoms with E-state index in [0.717, 1.165) is 16.3 Å². The van der Waals surface area contributed by atoms with Gasteiger partial charge in [0, 0.05) is 5.69 Å². The number of benzene rings is 3. The van der Waals surface area contributed by atoms with E-state index in [1.54, 1.807) is 18.2 Å². The first kappa shape index (κ1) is 15.7. The van der Waals surface area contributed by atoms with Gasteiger partial charge < -0.3 is 10.1 Å². The zero-order chi connectivity index (χ0) is 16.9. The quantitative estimate of drug-likeness (QED) is 0.741. The number of nitrogens with one attached hydrogen (secondary N) is 1. The van der Waals surface area contributed by atoms with Crippen LogP contribution in [0.1, 0.15) is 15.9 Å². The molecule has 0 fully saturated rings. The Kier molecular flexibility index (Phi) is 4.57. The number of anilines is 1. The van der Waals surface area contributed by atoms with Crippen molar-refractivity contribution in [3.8, 4) is 0 Å². The molecule has 0 spiro atoms. The second-order valence-corrected chi connectivity index (χ2v) is 5.56. The smallest absolute Gasteiger partial charge is 0.338 e. The SMILES string of the molecule is Cc1cccc(C(=O)OCC(=O)Nc2ccc3ccccc3c2)c1. The van der Waals surface area contributed by atoms with Gasteiger partial charge in [-0.3, -0.25) is 4.79 Å². The van der Waals surface area contributed by atoms with Crippen molar-refractivity contribution in [2.24, 2.45) is 0 Å². The summed E-state index contributed by atoms with van der Waals surface area (Å²) in [5.41, 5.74) is 2.07. The molecular formula is C20H17NO3. The van der Waals surface area contributed by atoms with Gasteiger partial charge >= 0.3 is 5.97 Å². The second-order valence-electron chi connectivity index (χ2n) is 5.56. The Morgan fingerprint density at radius 1 is 0.917 bits per heavy atom. The lowest BCUT2D eigenvalue weighted by atomic mass is 10.1. The average molecular weight is 319 g/mol. The van der Waals surface area contributed by atoms with Crippen LogP contribution in [0.25, 0.3) is 10.8 Å². The van der Waals surface area contributed by atoms with Crippen LogP contribution < -0.4 is 5.32 Å². The number of aryl methyl sites for hydroxylation is 1. The fourth-order valence-electron chi connectivity index (χ4n) is 2.45. The van der Waals surface area contributed by atoms with Gasteiger partial charge in [0.2, 0.25) is 0 Å². The van der Waals surface area contributed by atoms with Gasteiger partial charge in [-0.1, -0.05) is 48.0 Å². The third kappa shape index (κ3) is 3.79. The largest absolute Gasteiger partial charge is 0.452 e. The summed E-state index contributed by atoms with van der Waals surface area (Å²) in [4.78, 5) is 23.9. The van der Waals surface area contributed by atoms with Crippen molar-refractivity contribution >= 4 is 28.3 Å². The van der Waals surface area contributed by atoms with E-state index in [1.807, 2.05) is 55.5 Å². The summed E-state index contributed by atoms with van der Waals surface area (Å²) in [7, 11) is 0. The van der Waals surface area contributed by atoms with Crippen molar-refractivity contribution in [2.75, 3.05) is 11.9 Å². The Morgan fingerprint density at radius 2 is 1.71 bits per heavy atom. The summed E-state index contributed by atoms with van der Waals surface area (Å²) in [5, 5.41) is 4.87. The van der Waals surface area contributed by atoms with Crippen molar-refractivity contribution in [3.63, 3.8) is 0 Å². The van der Waals surface area contributed by atoms with E-state index in [0.29, 0.717) is 11.3 Å². The Hall–Kier alpha value is -3.14. The van der Waals surface area contributed by atoms with Gasteiger partial charge in [-0.25, -0.2) is 4.79 Å². The molecule has 0 aliphatic heterocycles. The van der Waals surface area contributed by atoms with Gasteiger partial charge in [0.15, 0.2) is 6.61 Å². The van der Waals surface area contributed by atoms with Crippen molar-refractivity contribution in [3.05, 3.63) is 77.9 Å². The van der Waals surface area contributed by atoms with Gasteiger partial charge in [0.25, 0.3) is 5.91 Å². The van der Waals surface area contributed by atoms with Gasteiger partial charge in [0.05, 0.1) is 5.56 Å². The molecule has 0 saturated heterocycles. The van der Waals surface area contributed by atoms with Crippen LogP contribution in [-0.4, -0.2) is 18.5 Å². The molecule has 3 aromatic carbocycles. The van der Waals surface area contributed by atoms with E-state index in [9.17, 15) is 9.59 Å². The zero-order valence-electron chi connectivity index (χ0n) is 13.3. The van der Waals surface area contributed by atoms with Crippen molar-refractivity contribution < 1.29 is 14.3 Å². The summed E-state index contributed by atoms with van der Waals surface area (Å²) < 4.78 is 5.05. The number of ether oxygens (including phenoxy) is 1. The molecule has 3 rings (SSSR count). The van der Waals surface area contributed by atoms with Crippen molar-refractivity contribution in [1.29, 1.82) is 0 Å². The maximum Gasteiger partial charge on any atom is 0.338 e. The molecule has 0 radical (unpaired) electrons. The van der Waals surface area contributed by atoms with Crippen LogP contribution >= 0.6 is 0 Å². The lowest BCUT2D eigenvalue weighted by Gasteiger charge is -2.08. The van der Waals surface area contributed by atoms with E-state index in [4.69, 9.17) is 4.74 Å². The summed E-state index contributed by atoms with van der Waals surface area (Å²) in [6, 6.07) is 20.6. The van der Waals surface area contributed by atoms with Crippen LogP contribution in [0.4, 0.5) is 5.69 Å². The number of carbonyl (C=O) groups excluding carboxylic acids is 2. The van der Waals surface area contributed by atoms with Gasteiger partial charge in [-0.15, -0.1) is 0 Å². The minimum absolute atomic E-state index is 0.320. The Morgan fingerprint density at radius 3 is 2.50 bits per heavy atom. The molecule has 4 nitrogen and oxygen atoms in total. The molecule has 0 aliphatic carbocycles. The topological polar surface area (TPSA) is 55.4 Å². The van der Waals surface area contributed by atoms with E-state index in [-0.39, 0.29) is 12.5 Å². The number of rotatable bonds is 4. The third-order valence-electron chi connectivity index (χ3n) is 3.62. The van der Waals surface area contributed by atoms with Gasteiger partial charge in [-0.05, 0) is 42.0 Å². The number of hydrogen-bond donors (Lipinski definition) is 1. The highest BCUT2D eigenvalue weighted by Gasteiger charge is 2.10. The minimum Gasteiger partial charge on any atom is -0.452 e. The molecule has 1 amide bonds. The fourth-order valence-corrected chi connectivity index (χ4v) is 2.45. The molecule has 0 saturated carbocycles. The lowest BCUT2D eigenvalue weighted by molar-refractivity contribution is -0.119. The van der Waals surface area contributed by atoms with Crippen molar-refractivity contribution in [1.82, 2.24) is 0 Å². The standard InChI is InChI=1S/C20H17NO3/c1-14-5-4-8-17(11-14)20(23)24-13-19(22)21-18-10-9-15-6-2-3-7-16(15)12-18/h2-12H,13H2,1H3,(H,21,22). The monoisotopic (exact) mass is 319 g/mol. The van der Waals surface area contributed by atoms with E-state index >= 15 is 0 Å². The number of carbonyl (C=O) groups is 2. The average Bonchev–Trinajstić information content (AvgIpc) is 2.59. The number of hydrogen-bond acceptors (Lipinski definition) is 3. The van der Waals surface area contributed by atoms with Crippen LogP contribution in [0.5, 0.6) is 0 Å². The Labute approximate surface area is 140 Å². The molecular weight excluding hydrogens is 302 g/mol. The predicted molar refractivity (Wildman–Crippen MR) is 94.0 cm³/mol. The molecule has 4 heteroatoms. The van der Waals surface area contributed by atoms with E-state index < -0.39 is 5.97 Å². The van der Waals surface area contributed by atoms with Crippen LogP contribution in [0.15, 0.2) is 66.7 Å². The molecule has 120 valence electrons. The number of fused-ring (bicyclic) bond motifs is 1. The molecule has 24 heavy (non-hydrogen) atoms. The fraction of sp³-hybridized carbons (Fsp3) is 0.100. The molecule has 0 aromatic heterocycles. The molecule has 0 unspecified atom stereocenters. The van der Waals surface area contributed by atoms with Crippen LogP contribution in [0.3, 0.4) is 0 Å². The van der Waals surface area contributed by atoms with Gasteiger partial charge in [0.1, 0.15) is 0 Å². The summed E-state index contributed by atoms with van der Waals surface area (Å²) >= 11 is 0. The second kappa shape index (κ2) is 6.96. The van der Waals surface area contributed by atoms with E-state index in [2.05, 4.69) is 5.32 Å². The summed E-state index contributed by atoms with van der Waals surface area (Å²) in [6.45, 7) is 1.57. The molecule has 0 bridgehead atoms. The highest BCUT2D eigenvalue weighted by molar-refractivity contribution is 5.97. The minimum atomic E-state index is -0.507. The third-order valence-corrected chi connectivity index (χ3v) is 3.62. The molecule has 0 atom stereocenters. The van der Waals surface area contributed by atoms with Crippen molar-refractivity contribution in [2.45, 2.75) is 6.92 Å². The maximum atomic E-state index is 12.0. The summed E-state index contributed by atoms with van der Waals surface area (Å²) in [5.74, 6) is -0.876.